The van der Waals surface area contributed by atoms with E-state index < -0.39 is 22.7 Å². The third kappa shape index (κ3) is 9150. The normalized spacial score (nSPS) is 6.62. The molecule has 0 unspecified atom stereocenters. The molecule has 10 nitrogen and oxygen atoms in total. The SMILES string of the molecule is O=C([O-])O.O=C([O-])[O-].O=S(=O)([O-])[O-].[Al+3].[Li+].[Na+]. The molecule has 0 aliphatic carbocycles. The molecule has 0 aromatic rings. The summed E-state index contributed by atoms with van der Waals surface area (Å²) in [4.78, 5) is 16.8. The Morgan fingerprint density at radius 2 is 1.00 bits per heavy atom. The largest absolute Gasteiger partial charge is 3.00 e. The van der Waals surface area contributed by atoms with Gasteiger partial charge in [-0.25, -0.2) is 0 Å². The molecule has 0 fully saturated rings. The van der Waals surface area contributed by atoms with Gasteiger partial charge >= 0.3 is 65.8 Å². The van der Waals surface area contributed by atoms with E-state index in [1.165, 1.54) is 0 Å². The zero-order chi connectivity index (χ0) is 11.7. The first-order valence-corrected chi connectivity index (χ1v) is 3.24. The predicted molar refractivity (Wildman–Crippen MR) is 29.6 cm³/mol. The van der Waals surface area contributed by atoms with Crippen LogP contribution < -0.4 is 63.7 Å². The Morgan fingerprint density at radius 1 is 1.00 bits per heavy atom. The summed E-state index contributed by atoms with van der Waals surface area (Å²) in [6.45, 7) is 0. The van der Waals surface area contributed by atoms with Gasteiger partial charge in [-0.15, -0.1) is 0 Å². The molecule has 80 valence electrons. The van der Waals surface area contributed by atoms with Crippen LogP contribution in [0.5, 0.6) is 0 Å². The molecule has 0 radical (unpaired) electrons. The van der Waals surface area contributed by atoms with Crippen molar-refractivity contribution in [2.45, 2.75) is 0 Å². The predicted octanol–water partition coefficient (Wildman–Crippen LogP) is -11.3. The second-order valence-corrected chi connectivity index (χ2v) is 1.74. The summed E-state index contributed by atoms with van der Waals surface area (Å²) in [5, 5.41) is 32.0. The number of hydrogen-bond acceptors (Lipinski definition) is 9. The maximum Gasteiger partial charge on any atom is 3.00 e. The Labute approximate surface area is 135 Å². The van der Waals surface area contributed by atoms with Crippen LogP contribution in [-0.2, 0) is 10.4 Å². The minimum Gasteiger partial charge on any atom is -0.759 e. The minimum atomic E-state index is -5.17. The smallest absolute Gasteiger partial charge is 0.759 e. The van der Waals surface area contributed by atoms with Gasteiger partial charge < -0.3 is 39.1 Å². The Balaban J connectivity index is -0.0000000216. The molecule has 0 saturated carbocycles. The first-order valence-electron chi connectivity index (χ1n) is 1.91. The molecule has 0 amide bonds. The number of carbonyl (C=O) groups excluding carboxylic acids is 1. The van der Waals surface area contributed by atoms with Gasteiger partial charge in [-0.1, -0.05) is 0 Å². The Kier molecular flexibility index (Phi) is 46.9. The van der Waals surface area contributed by atoms with Gasteiger partial charge in [0.25, 0.3) is 0 Å². The van der Waals surface area contributed by atoms with E-state index in [4.69, 9.17) is 47.5 Å². The van der Waals surface area contributed by atoms with Gasteiger partial charge in [-0.2, -0.15) is 0 Å². The van der Waals surface area contributed by atoms with Gasteiger partial charge in [-0.05, 0) is 6.16 Å². The van der Waals surface area contributed by atoms with E-state index in [1.807, 2.05) is 0 Å². The maximum atomic E-state index is 8.52. The molecule has 0 heterocycles. The fraction of sp³-hybridized carbons (Fsp3) is 0. The molecule has 14 heteroatoms. The molecule has 0 aliphatic heterocycles. The van der Waals surface area contributed by atoms with Crippen LogP contribution in [0.2, 0.25) is 0 Å². The first kappa shape index (κ1) is 36.0. The van der Waals surface area contributed by atoms with Crippen LogP contribution in [0.15, 0.2) is 0 Å². The van der Waals surface area contributed by atoms with Crippen LogP contribution in [0.4, 0.5) is 9.59 Å². The molecule has 0 spiro atoms. The van der Waals surface area contributed by atoms with Crippen LogP contribution in [0.25, 0.3) is 0 Å². The van der Waals surface area contributed by atoms with Crippen LogP contribution in [-0.4, -0.2) is 52.3 Å². The van der Waals surface area contributed by atoms with Gasteiger partial charge in [0.2, 0.25) is 6.16 Å². The molecule has 0 atom stereocenters. The molecule has 0 saturated heterocycles. The third-order valence-corrected chi connectivity index (χ3v) is 0. The van der Waals surface area contributed by atoms with Crippen molar-refractivity contribution >= 4 is 40.1 Å². The van der Waals surface area contributed by atoms with Gasteiger partial charge in [-0.3, -0.25) is 8.42 Å². The maximum absolute atomic E-state index is 8.52. The van der Waals surface area contributed by atoms with Crippen molar-refractivity contribution < 1.29 is 96.0 Å². The average Bonchev–Trinajstić information content (AvgIpc) is 1.50. The number of hydrogen-bond donors (Lipinski definition) is 1. The summed E-state index contributed by atoms with van der Waals surface area (Å²) in [5.74, 6) is 0. The number of carboxylic acid groups (broad SMARTS) is 4. The quantitative estimate of drug-likeness (QED) is 0.250. The zero-order valence-corrected chi connectivity index (χ0v) is 12.1. The molecular weight excluding hydrogens is 273 g/mol. The van der Waals surface area contributed by atoms with E-state index in [0.717, 1.165) is 0 Å². The van der Waals surface area contributed by atoms with Gasteiger partial charge in [0.1, 0.15) is 0 Å². The fourth-order valence-electron chi connectivity index (χ4n) is 0. The fourth-order valence-corrected chi connectivity index (χ4v) is 0. The molecule has 0 aliphatic rings. The van der Waals surface area contributed by atoms with Crippen LogP contribution >= 0.6 is 0 Å². The molecular formula is C2HAlLiNaO10S. The van der Waals surface area contributed by atoms with E-state index in [-0.39, 0.29) is 65.8 Å². The summed E-state index contributed by atoms with van der Waals surface area (Å²) in [7, 11) is -5.17. The molecule has 0 rings (SSSR count). The molecule has 0 aromatic heterocycles. The number of carbonyl (C=O) groups is 2. The molecule has 0 bridgehead atoms. The van der Waals surface area contributed by atoms with Gasteiger partial charge in [0.05, 0.1) is 0 Å². The summed E-state index contributed by atoms with van der Waals surface area (Å²) in [5.41, 5.74) is 0. The minimum absolute atomic E-state index is 0. The van der Waals surface area contributed by atoms with Crippen molar-refractivity contribution in [2.75, 3.05) is 0 Å². The summed E-state index contributed by atoms with van der Waals surface area (Å²) in [6.07, 6.45) is -4.42. The topological polar surface area (TPSA) is 204 Å². The van der Waals surface area contributed by atoms with Crippen molar-refractivity contribution in [3.8, 4) is 0 Å². The zero-order valence-electron chi connectivity index (χ0n) is 8.11. The van der Waals surface area contributed by atoms with Crippen molar-refractivity contribution in [1.82, 2.24) is 0 Å². The molecule has 1 N–H and O–H groups in total. The monoisotopic (exact) mass is 274 g/mol. The second-order valence-electron chi connectivity index (χ2n) is 0.924. The van der Waals surface area contributed by atoms with Gasteiger partial charge in [0, 0.05) is 10.4 Å². The van der Waals surface area contributed by atoms with Crippen molar-refractivity contribution in [3.05, 3.63) is 0 Å². The van der Waals surface area contributed by atoms with E-state index in [9.17, 15) is 0 Å². The number of rotatable bonds is 0. The Morgan fingerprint density at radius 3 is 1.00 bits per heavy atom. The average molecular weight is 274 g/mol. The van der Waals surface area contributed by atoms with Crippen LogP contribution in [0.1, 0.15) is 0 Å². The third-order valence-electron chi connectivity index (χ3n) is 0. The van der Waals surface area contributed by atoms with E-state index >= 15 is 0 Å². The van der Waals surface area contributed by atoms with Gasteiger partial charge in [0.15, 0.2) is 0 Å². The van der Waals surface area contributed by atoms with Crippen molar-refractivity contribution in [2.24, 2.45) is 0 Å². The van der Waals surface area contributed by atoms with E-state index in [2.05, 4.69) is 0 Å². The Bertz CT molecular complexity index is 224. The van der Waals surface area contributed by atoms with E-state index in [1.54, 1.807) is 0 Å². The summed E-state index contributed by atoms with van der Waals surface area (Å²) in [6, 6.07) is 0. The summed E-state index contributed by atoms with van der Waals surface area (Å²) < 4.78 is 34.1. The summed E-state index contributed by atoms with van der Waals surface area (Å²) >= 11 is 0. The standard InChI is InChI=1S/2CH2O3.Al.Li.Na.H2O4S/c2*2-1(3)4;;;;1-5(2,3)4/h2*(H2,2,3,4);;;;(H2,1,2,3,4)/q;;+3;2*+1;/p-5. The first-order chi connectivity index (χ1) is 5.46. The molecule has 16 heavy (non-hydrogen) atoms. The second kappa shape index (κ2) is 20.9. The Hall–Kier alpha value is 0.540. The van der Waals surface area contributed by atoms with Crippen LogP contribution in [0.3, 0.4) is 0 Å². The van der Waals surface area contributed by atoms with Crippen molar-refractivity contribution in [1.29, 1.82) is 0 Å². The molecule has 0 aromatic carbocycles. The van der Waals surface area contributed by atoms with Crippen LogP contribution in [0, 0.1) is 0 Å². The van der Waals surface area contributed by atoms with E-state index in [0.29, 0.717) is 0 Å². The van der Waals surface area contributed by atoms with Crippen molar-refractivity contribution in [3.63, 3.8) is 0 Å².